The van der Waals surface area contributed by atoms with Crippen LogP contribution in [0.3, 0.4) is 0 Å². The Morgan fingerprint density at radius 3 is 2.53 bits per heavy atom. The number of rotatable bonds is 3. The Morgan fingerprint density at radius 2 is 2.05 bits per heavy atom. The number of pyridine rings is 1. The van der Waals surface area contributed by atoms with E-state index in [-0.39, 0.29) is 12.1 Å². The number of hydrogen-bond donors (Lipinski definition) is 0. The summed E-state index contributed by atoms with van der Waals surface area (Å²) in [5.41, 5.74) is -1.51. The zero-order valence-corrected chi connectivity index (χ0v) is 10.8. The molecule has 1 heterocycles. The molecule has 3 nitrogen and oxygen atoms in total. The van der Waals surface area contributed by atoms with Gasteiger partial charge in [0.05, 0.1) is 6.10 Å². The maximum absolute atomic E-state index is 12.8. The van der Waals surface area contributed by atoms with Crippen molar-refractivity contribution in [3.63, 3.8) is 0 Å². The molecule has 0 aromatic carbocycles. The highest BCUT2D eigenvalue weighted by molar-refractivity contribution is 5.22. The molecular formula is C13H16F3NO2. The number of hydrogen-bond acceptors (Lipinski definition) is 2. The minimum Gasteiger partial charge on any atom is -0.381 e. The Labute approximate surface area is 109 Å². The van der Waals surface area contributed by atoms with Gasteiger partial charge in [-0.05, 0) is 30.9 Å². The van der Waals surface area contributed by atoms with Crippen LogP contribution in [0.5, 0.6) is 0 Å². The van der Waals surface area contributed by atoms with E-state index in [9.17, 15) is 18.0 Å². The van der Waals surface area contributed by atoms with Crippen molar-refractivity contribution in [1.82, 2.24) is 4.57 Å². The summed E-state index contributed by atoms with van der Waals surface area (Å²) in [5, 5.41) is 0. The topological polar surface area (TPSA) is 31.2 Å². The molecule has 1 saturated carbocycles. The third kappa shape index (κ3) is 2.68. The molecule has 1 aliphatic rings. The van der Waals surface area contributed by atoms with Crippen molar-refractivity contribution in [1.29, 1.82) is 0 Å². The van der Waals surface area contributed by atoms with Crippen LogP contribution in [0.2, 0.25) is 0 Å². The summed E-state index contributed by atoms with van der Waals surface area (Å²) in [6.45, 7) is 1.77. The van der Waals surface area contributed by atoms with Gasteiger partial charge in [0.2, 0.25) is 0 Å². The zero-order chi connectivity index (χ0) is 14.2. The predicted molar refractivity (Wildman–Crippen MR) is 64.2 cm³/mol. The third-order valence-electron chi connectivity index (χ3n) is 3.61. The molecule has 0 amide bonds. The number of methoxy groups -OCH3 is 1. The van der Waals surface area contributed by atoms with Crippen LogP contribution in [0.4, 0.5) is 13.2 Å². The van der Waals surface area contributed by atoms with Gasteiger partial charge in [0.1, 0.15) is 5.56 Å². The van der Waals surface area contributed by atoms with Crippen LogP contribution in [0, 0.1) is 0 Å². The monoisotopic (exact) mass is 275 g/mol. The van der Waals surface area contributed by atoms with Crippen molar-refractivity contribution >= 4 is 0 Å². The van der Waals surface area contributed by atoms with E-state index in [4.69, 9.17) is 4.74 Å². The molecule has 2 rings (SSSR count). The van der Waals surface area contributed by atoms with Crippen LogP contribution in [-0.2, 0) is 17.3 Å². The van der Waals surface area contributed by atoms with Gasteiger partial charge in [-0.15, -0.1) is 0 Å². The Bertz CT molecular complexity index is 516. The normalized spacial score (nSPS) is 23.2. The summed E-state index contributed by atoms with van der Waals surface area (Å²) in [6.07, 6.45) is -1.40. The summed E-state index contributed by atoms with van der Waals surface area (Å²) in [7, 11) is 1.56. The number of aryl methyl sites for hydroxylation is 1. The quantitative estimate of drug-likeness (QED) is 0.849. The first-order chi connectivity index (χ1) is 8.86. The lowest BCUT2D eigenvalue weighted by Gasteiger charge is -2.35. The highest BCUT2D eigenvalue weighted by Crippen LogP contribution is 2.34. The first-order valence-electron chi connectivity index (χ1n) is 6.21. The van der Waals surface area contributed by atoms with E-state index in [0.29, 0.717) is 24.8 Å². The van der Waals surface area contributed by atoms with E-state index in [2.05, 4.69) is 0 Å². The van der Waals surface area contributed by atoms with Crippen LogP contribution >= 0.6 is 0 Å². The minimum absolute atomic E-state index is 0.0384. The van der Waals surface area contributed by atoms with Gasteiger partial charge in [0.25, 0.3) is 5.56 Å². The number of ether oxygens (including phenoxy) is 1. The molecule has 6 heteroatoms. The number of nitrogens with zero attached hydrogens (tertiary/aromatic N) is 1. The van der Waals surface area contributed by atoms with Crippen LogP contribution in [0.1, 0.15) is 36.9 Å². The number of aromatic nitrogens is 1. The average Bonchev–Trinajstić information content (AvgIpc) is 2.28. The maximum Gasteiger partial charge on any atom is 0.421 e. The van der Waals surface area contributed by atoms with Crippen molar-refractivity contribution in [3.8, 4) is 0 Å². The molecule has 0 N–H and O–H groups in total. The molecule has 19 heavy (non-hydrogen) atoms. The molecule has 0 radical (unpaired) electrons. The first-order valence-corrected chi connectivity index (χ1v) is 6.21. The molecule has 0 spiro atoms. The van der Waals surface area contributed by atoms with Crippen LogP contribution in [0.15, 0.2) is 17.1 Å². The SMILES string of the molecule is CCc1cc(C(F)(F)F)c(=O)n(C2CC(OC)C2)c1. The van der Waals surface area contributed by atoms with Crippen molar-refractivity contribution in [2.24, 2.45) is 0 Å². The van der Waals surface area contributed by atoms with Crippen molar-refractivity contribution in [2.75, 3.05) is 7.11 Å². The number of halogens is 3. The highest BCUT2D eigenvalue weighted by Gasteiger charge is 2.37. The van der Waals surface area contributed by atoms with Gasteiger partial charge in [-0.1, -0.05) is 6.92 Å². The fourth-order valence-electron chi connectivity index (χ4n) is 2.29. The van der Waals surface area contributed by atoms with Crippen LogP contribution < -0.4 is 5.56 Å². The van der Waals surface area contributed by atoms with E-state index in [1.54, 1.807) is 14.0 Å². The second-order valence-corrected chi connectivity index (χ2v) is 4.81. The molecule has 1 fully saturated rings. The van der Waals surface area contributed by atoms with Gasteiger partial charge in [-0.3, -0.25) is 4.79 Å². The lowest BCUT2D eigenvalue weighted by molar-refractivity contribution is -0.139. The third-order valence-corrected chi connectivity index (χ3v) is 3.61. The predicted octanol–water partition coefficient (Wildman–Crippen LogP) is 2.78. The van der Waals surface area contributed by atoms with E-state index in [1.165, 1.54) is 10.8 Å². The van der Waals surface area contributed by atoms with E-state index in [0.717, 1.165) is 6.07 Å². The Kier molecular flexibility index (Phi) is 3.71. The molecule has 1 aromatic rings. The highest BCUT2D eigenvalue weighted by atomic mass is 19.4. The van der Waals surface area contributed by atoms with Gasteiger partial charge < -0.3 is 9.30 Å². The van der Waals surface area contributed by atoms with Crippen LogP contribution in [-0.4, -0.2) is 17.8 Å². The van der Waals surface area contributed by atoms with Gasteiger partial charge >= 0.3 is 6.18 Å². The van der Waals surface area contributed by atoms with Crippen LogP contribution in [0.25, 0.3) is 0 Å². The summed E-state index contributed by atoms with van der Waals surface area (Å²) >= 11 is 0. The largest absolute Gasteiger partial charge is 0.421 e. The van der Waals surface area contributed by atoms with Gasteiger partial charge in [0, 0.05) is 19.3 Å². The van der Waals surface area contributed by atoms with E-state index in [1.807, 2.05) is 0 Å². The molecule has 1 aromatic heterocycles. The summed E-state index contributed by atoms with van der Waals surface area (Å²) in [4.78, 5) is 11.9. The van der Waals surface area contributed by atoms with E-state index >= 15 is 0 Å². The Hall–Kier alpha value is -1.30. The second-order valence-electron chi connectivity index (χ2n) is 4.81. The first kappa shape index (κ1) is 14.1. The smallest absolute Gasteiger partial charge is 0.381 e. The van der Waals surface area contributed by atoms with Gasteiger partial charge in [-0.2, -0.15) is 13.2 Å². The molecule has 0 atom stereocenters. The Morgan fingerprint density at radius 1 is 1.42 bits per heavy atom. The van der Waals surface area contributed by atoms with Crippen molar-refractivity contribution in [3.05, 3.63) is 33.7 Å². The minimum atomic E-state index is -4.60. The fraction of sp³-hybridized carbons (Fsp3) is 0.615. The molecule has 106 valence electrons. The molecular weight excluding hydrogens is 259 g/mol. The van der Waals surface area contributed by atoms with Gasteiger partial charge in [-0.25, -0.2) is 0 Å². The lowest BCUT2D eigenvalue weighted by atomic mass is 9.88. The maximum atomic E-state index is 12.8. The zero-order valence-electron chi connectivity index (χ0n) is 10.8. The lowest BCUT2D eigenvalue weighted by Crippen LogP contribution is -2.39. The van der Waals surface area contributed by atoms with Gasteiger partial charge in [0.15, 0.2) is 0 Å². The number of alkyl halides is 3. The molecule has 0 bridgehead atoms. The average molecular weight is 275 g/mol. The summed E-state index contributed by atoms with van der Waals surface area (Å²) in [6, 6.07) is 0.760. The fourth-order valence-corrected chi connectivity index (χ4v) is 2.29. The second kappa shape index (κ2) is 5.00. The molecule has 1 aliphatic carbocycles. The summed E-state index contributed by atoms with van der Waals surface area (Å²) in [5.74, 6) is 0. The van der Waals surface area contributed by atoms with E-state index < -0.39 is 17.3 Å². The van der Waals surface area contributed by atoms with Crippen molar-refractivity contribution in [2.45, 2.75) is 44.5 Å². The van der Waals surface area contributed by atoms with Crippen molar-refractivity contribution < 1.29 is 17.9 Å². The molecule has 0 unspecified atom stereocenters. The molecule has 0 aliphatic heterocycles. The summed E-state index contributed by atoms with van der Waals surface area (Å²) < 4.78 is 44.8. The standard InChI is InChI=1S/C13H16F3NO2/c1-3-8-4-11(13(14,15)16)12(18)17(7-8)9-5-10(6-9)19-2/h4,7,9-10H,3,5-6H2,1-2H3. The Balaban J connectivity index is 2.41. The molecule has 0 saturated heterocycles.